The average Bonchev–Trinajstić information content (AvgIpc) is 3.09. The summed E-state index contributed by atoms with van der Waals surface area (Å²) in [6.45, 7) is 0.533. The lowest BCUT2D eigenvalue weighted by molar-refractivity contribution is -0.143. The van der Waals surface area contributed by atoms with E-state index in [-0.39, 0.29) is 11.4 Å². The monoisotopic (exact) mass is 205 g/mol. The van der Waals surface area contributed by atoms with Crippen LogP contribution in [0.25, 0.3) is 0 Å². The fourth-order valence-corrected chi connectivity index (χ4v) is 1.89. The largest absolute Gasteiger partial charge is 0.468 e. The van der Waals surface area contributed by atoms with E-state index >= 15 is 0 Å². The van der Waals surface area contributed by atoms with Crippen LogP contribution in [0.3, 0.4) is 0 Å². The molecule has 0 amide bonds. The zero-order valence-corrected chi connectivity index (χ0v) is 8.82. The maximum absolute atomic E-state index is 11.6. The summed E-state index contributed by atoms with van der Waals surface area (Å²) in [5.74, 6) is -0.122. The van der Waals surface area contributed by atoms with Gasteiger partial charge >= 0.3 is 5.97 Å². The zero-order valence-electron chi connectivity index (χ0n) is 8.82. The van der Waals surface area contributed by atoms with E-state index in [4.69, 9.17) is 10.5 Å². The molecule has 0 unspecified atom stereocenters. The summed E-state index contributed by atoms with van der Waals surface area (Å²) in [6, 6.07) is 7.90. The van der Waals surface area contributed by atoms with Gasteiger partial charge in [0.05, 0.1) is 12.5 Å². The molecule has 1 aromatic rings. The third-order valence-electron chi connectivity index (χ3n) is 3.07. The lowest BCUT2D eigenvalue weighted by atomic mass is 9.95. The number of nitrogens with two attached hydrogens (primary N) is 1. The van der Waals surface area contributed by atoms with Crippen molar-refractivity contribution in [2.75, 3.05) is 7.11 Å². The van der Waals surface area contributed by atoms with Gasteiger partial charge in [-0.2, -0.15) is 0 Å². The number of methoxy groups -OCH3 is 1. The van der Waals surface area contributed by atoms with E-state index in [2.05, 4.69) is 0 Å². The van der Waals surface area contributed by atoms with Gasteiger partial charge in [-0.3, -0.25) is 4.79 Å². The zero-order chi connectivity index (χ0) is 10.9. The Balaban J connectivity index is 2.26. The molecule has 1 aliphatic rings. The van der Waals surface area contributed by atoms with Gasteiger partial charge < -0.3 is 10.5 Å². The first-order valence-corrected chi connectivity index (χ1v) is 5.11. The van der Waals surface area contributed by atoms with Gasteiger partial charge in [0.15, 0.2) is 0 Å². The van der Waals surface area contributed by atoms with E-state index < -0.39 is 0 Å². The van der Waals surface area contributed by atoms with Crippen LogP contribution in [0.4, 0.5) is 0 Å². The molecule has 3 heteroatoms. The van der Waals surface area contributed by atoms with Crippen molar-refractivity contribution in [3.8, 4) is 0 Å². The molecule has 3 nitrogen and oxygen atoms in total. The van der Waals surface area contributed by atoms with E-state index in [1.807, 2.05) is 24.3 Å². The Morgan fingerprint density at radius 1 is 1.40 bits per heavy atom. The predicted molar refractivity (Wildman–Crippen MR) is 57.3 cm³/mol. The van der Waals surface area contributed by atoms with Crippen molar-refractivity contribution in [2.45, 2.75) is 24.8 Å². The second-order valence-electron chi connectivity index (χ2n) is 3.97. The van der Waals surface area contributed by atoms with E-state index in [1.165, 1.54) is 7.11 Å². The number of hydrogen-bond donors (Lipinski definition) is 1. The first kappa shape index (κ1) is 10.2. The Morgan fingerprint density at radius 2 is 2.00 bits per heavy atom. The molecule has 0 aliphatic heterocycles. The van der Waals surface area contributed by atoms with Gasteiger partial charge in [-0.15, -0.1) is 0 Å². The summed E-state index contributed by atoms with van der Waals surface area (Å²) in [5.41, 5.74) is 7.29. The molecule has 0 bridgehead atoms. The molecular weight excluding hydrogens is 190 g/mol. The molecular formula is C12H15NO2. The minimum Gasteiger partial charge on any atom is -0.468 e. The quantitative estimate of drug-likeness (QED) is 0.758. The SMILES string of the molecule is COC(=O)C1(c2ccc(CN)cc2)CC1. The van der Waals surface area contributed by atoms with Crippen molar-refractivity contribution in [1.82, 2.24) is 0 Å². The number of carbonyl (C=O) groups is 1. The van der Waals surface area contributed by atoms with Crippen LogP contribution in [0.1, 0.15) is 24.0 Å². The summed E-state index contributed by atoms with van der Waals surface area (Å²) in [5, 5.41) is 0. The number of benzene rings is 1. The fraction of sp³-hybridized carbons (Fsp3) is 0.417. The Bertz CT molecular complexity index is 366. The number of carbonyl (C=O) groups excluding carboxylic acids is 1. The Hall–Kier alpha value is -1.35. The molecule has 1 aliphatic carbocycles. The minimum atomic E-state index is -0.359. The molecule has 0 spiro atoms. The minimum absolute atomic E-state index is 0.122. The Kier molecular flexibility index (Phi) is 2.49. The summed E-state index contributed by atoms with van der Waals surface area (Å²) >= 11 is 0. The molecule has 0 saturated heterocycles. The predicted octanol–water partition coefficient (Wildman–Crippen LogP) is 1.35. The van der Waals surface area contributed by atoms with Crippen LogP contribution >= 0.6 is 0 Å². The van der Waals surface area contributed by atoms with Crippen LogP contribution in [0.15, 0.2) is 24.3 Å². The number of rotatable bonds is 3. The molecule has 2 rings (SSSR count). The number of ether oxygens (including phenoxy) is 1. The Morgan fingerprint density at radius 3 is 2.40 bits per heavy atom. The van der Waals surface area contributed by atoms with E-state index in [9.17, 15) is 4.79 Å². The fourth-order valence-electron chi connectivity index (χ4n) is 1.89. The van der Waals surface area contributed by atoms with Gasteiger partial charge in [-0.1, -0.05) is 24.3 Å². The Labute approximate surface area is 89.2 Å². The molecule has 0 atom stereocenters. The van der Waals surface area contributed by atoms with Crippen LogP contribution in [0.2, 0.25) is 0 Å². The second kappa shape index (κ2) is 3.66. The molecule has 0 radical (unpaired) electrons. The number of esters is 1. The van der Waals surface area contributed by atoms with Gasteiger partial charge in [-0.05, 0) is 24.0 Å². The average molecular weight is 205 g/mol. The van der Waals surface area contributed by atoms with E-state index in [0.717, 1.165) is 24.0 Å². The van der Waals surface area contributed by atoms with Gasteiger partial charge in [0.1, 0.15) is 0 Å². The van der Waals surface area contributed by atoms with Crippen molar-refractivity contribution in [3.05, 3.63) is 35.4 Å². The number of hydrogen-bond acceptors (Lipinski definition) is 3. The topological polar surface area (TPSA) is 52.3 Å². The van der Waals surface area contributed by atoms with E-state index in [1.54, 1.807) is 0 Å². The van der Waals surface area contributed by atoms with Gasteiger partial charge in [0, 0.05) is 6.54 Å². The van der Waals surface area contributed by atoms with E-state index in [0.29, 0.717) is 6.54 Å². The molecule has 0 heterocycles. The van der Waals surface area contributed by atoms with Crippen molar-refractivity contribution >= 4 is 5.97 Å². The van der Waals surface area contributed by atoms with Crippen molar-refractivity contribution in [1.29, 1.82) is 0 Å². The highest BCUT2D eigenvalue weighted by Gasteiger charge is 2.52. The van der Waals surface area contributed by atoms with Crippen LogP contribution in [0.5, 0.6) is 0 Å². The third-order valence-corrected chi connectivity index (χ3v) is 3.07. The first-order chi connectivity index (χ1) is 7.23. The molecule has 2 N–H and O–H groups in total. The molecule has 1 saturated carbocycles. The first-order valence-electron chi connectivity index (χ1n) is 5.11. The normalized spacial score (nSPS) is 17.2. The maximum atomic E-state index is 11.6. The standard InChI is InChI=1S/C12H15NO2/c1-15-11(14)12(6-7-12)10-4-2-9(8-13)3-5-10/h2-5H,6-8,13H2,1H3. The molecule has 15 heavy (non-hydrogen) atoms. The van der Waals surface area contributed by atoms with Crippen LogP contribution in [-0.2, 0) is 21.5 Å². The second-order valence-corrected chi connectivity index (χ2v) is 3.97. The van der Waals surface area contributed by atoms with Gasteiger partial charge in [0.25, 0.3) is 0 Å². The summed E-state index contributed by atoms with van der Waals surface area (Å²) in [7, 11) is 1.44. The lowest BCUT2D eigenvalue weighted by Gasteiger charge is -2.13. The molecule has 1 aromatic carbocycles. The molecule has 1 fully saturated rings. The summed E-state index contributed by atoms with van der Waals surface area (Å²) in [4.78, 5) is 11.6. The lowest BCUT2D eigenvalue weighted by Crippen LogP contribution is -2.21. The molecule has 80 valence electrons. The van der Waals surface area contributed by atoms with Crippen LogP contribution < -0.4 is 5.73 Å². The van der Waals surface area contributed by atoms with Gasteiger partial charge in [0.2, 0.25) is 0 Å². The van der Waals surface area contributed by atoms with Gasteiger partial charge in [-0.25, -0.2) is 0 Å². The highest BCUT2D eigenvalue weighted by molar-refractivity contribution is 5.86. The van der Waals surface area contributed by atoms with Crippen molar-refractivity contribution in [3.63, 3.8) is 0 Å². The van der Waals surface area contributed by atoms with Crippen molar-refractivity contribution in [2.24, 2.45) is 5.73 Å². The smallest absolute Gasteiger partial charge is 0.316 e. The highest BCUT2D eigenvalue weighted by Crippen LogP contribution is 2.49. The molecule has 0 aromatic heterocycles. The van der Waals surface area contributed by atoms with Crippen LogP contribution in [0, 0.1) is 0 Å². The maximum Gasteiger partial charge on any atom is 0.316 e. The highest BCUT2D eigenvalue weighted by atomic mass is 16.5. The van der Waals surface area contributed by atoms with Crippen molar-refractivity contribution < 1.29 is 9.53 Å². The summed E-state index contributed by atoms with van der Waals surface area (Å²) < 4.78 is 4.82. The third kappa shape index (κ3) is 1.63. The van der Waals surface area contributed by atoms with Crippen LogP contribution in [-0.4, -0.2) is 13.1 Å². The summed E-state index contributed by atoms with van der Waals surface area (Å²) in [6.07, 6.45) is 1.78.